The van der Waals surface area contributed by atoms with Gasteiger partial charge >= 0.3 is 5.97 Å². The first-order chi connectivity index (χ1) is 10.7. The maximum absolute atomic E-state index is 10.5. The van der Waals surface area contributed by atoms with E-state index in [0.29, 0.717) is 6.54 Å². The van der Waals surface area contributed by atoms with Gasteiger partial charge in [-0.1, -0.05) is 84.0 Å². The van der Waals surface area contributed by atoms with Gasteiger partial charge in [-0.3, -0.25) is 4.79 Å². The topological polar surface area (TPSA) is 40.5 Å². The SMILES string of the molecule is CCCCCCCCCCCCCCCN(C)CCC(=O)O. The molecule has 0 aromatic heterocycles. The van der Waals surface area contributed by atoms with Crippen molar-refractivity contribution in [3.8, 4) is 0 Å². The van der Waals surface area contributed by atoms with Crippen LogP contribution >= 0.6 is 0 Å². The highest BCUT2D eigenvalue weighted by Gasteiger charge is 2.01. The number of carboxylic acids is 1. The van der Waals surface area contributed by atoms with E-state index in [1.807, 2.05) is 7.05 Å². The van der Waals surface area contributed by atoms with Gasteiger partial charge in [0.1, 0.15) is 0 Å². The second-order valence-electron chi connectivity index (χ2n) is 6.69. The number of aliphatic carboxylic acids is 1. The molecule has 0 bridgehead atoms. The van der Waals surface area contributed by atoms with Crippen molar-refractivity contribution in [1.29, 1.82) is 0 Å². The van der Waals surface area contributed by atoms with Crippen molar-refractivity contribution < 1.29 is 9.90 Å². The first-order valence-corrected chi connectivity index (χ1v) is 9.57. The number of carboxylic acid groups (broad SMARTS) is 1. The third kappa shape index (κ3) is 17.5. The average molecular weight is 314 g/mol. The summed E-state index contributed by atoms with van der Waals surface area (Å²) >= 11 is 0. The Bertz CT molecular complexity index is 244. The predicted molar refractivity (Wildman–Crippen MR) is 95.4 cm³/mol. The van der Waals surface area contributed by atoms with E-state index in [9.17, 15) is 4.79 Å². The third-order valence-corrected chi connectivity index (χ3v) is 4.35. The van der Waals surface area contributed by atoms with E-state index in [2.05, 4.69) is 11.8 Å². The van der Waals surface area contributed by atoms with Crippen molar-refractivity contribution in [2.45, 2.75) is 96.8 Å². The summed E-state index contributed by atoms with van der Waals surface area (Å²) in [6.07, 6.45) is 18.2. The molecule has 3 nitrogen and oxygen atoms in total. The Hall–Kier alpha value is -0.570. The molecule has 0 saturated heterocycles. The quantitative estimate of drug-likeness (QED) is 0.361. The van der Waals surface area contributed by atoms with Crippen LogP contribution in [-0.2, 0) is 4.79 Å². The maximum Gasteiger partial charge on any atom is 0.304 e. The summed E-state index contributed by atoms with van der Waals surface area (Å²) in [5.41, 5.74) is 0. The van der Waals surface area contributed by atoms with E-state index in [1.54, 1.807) is 0 Å². The normalized spacial score (nSPS) is 11.2. The smallest absolute Gasteiger partial charge is 0.304 e. The van der Waals surface area contributed by atoms with Gasteiger partial charge in [0, 0.05) is 6.54 Å². The molecule has 0 fully saturated rings. The molecule has 22 heavy (non-hydrogen) atoms. The lowest BCUT2D eigenvalue weighted by molar-refractivity contribution is -0.137. The van der Waals surface area contributed by atoms with Crippen molar-refractivity contribution in [3.05, 3.63) is 0 Å². The highest BCUT2D eigenvalue weighted by Crippen LogP contribution is 2.12. The molecule has 0 saturated carbocycles. The van der Waals surface area contributed by atoms with Crippen molar-refractivity contribution in [2.75, 3.05) is 20.1 Å². The molecule has 0 spiro atoms. The molecule has 3 heteroatoms. The molecule has 0 aliphatic heterocycles. The molecule has 0 aliphatic rings. The Kier molecular flexibility index (Phi) is 16.4. The highest BCUT2D eigenvalue weighted by molar-refractivity contribution is 5.66. The van der Waals surface area contributed by atoms with Crippen LogP contribution in [0.5, 0.6) is 0 Å². The number of hydrogen-bond acceptors (Lipinski definition) is 2. The summed E-state index contributed by atoms with van der Waals surface area (Å²) in [5, 5.41) is 8.62. The van der Waals surface area contributed by atoms with Crippen molar-refractivity contribution in [2.24, 2.45) is 0 Å². The standard InChI is InChI=1S/C19H39NO2/c1-3-4-5-6-7-8-9-10-11-12-13-14-15-17-20(2)18-16-19(21)22/h3-18H2,1-2H3,(H,21,22). The molecule has 132 valence electrons. The molecule has 0 unspecified atom stereocenters. The zero-order valence-electron chi connectivity index (χ0n) is 15.1. The molecule has 0 atom stereocenters. The fraction of sp³-hybridized carbons (Fsp3) is 0.947. The number of carbonyl (C=O) groups is 1. The van der Waals surface area contributed by atoms with Gasteiger partial charge in [-0.25, -0.2) is 0 Å². The van der Waals surface area contributed by atoms with Gasteiger partial charge in [-0.15, -0.1) is 0 Å². The summed E-state index contributed by atoms with van der Waals surface area (Å²) in [6.45, 7) is 3.98. The number of rotatable bonds is 17. The zero-order valence-corrected chi connectivity index (χ0v) is 15.1. The summed E-state index contributed by atoms with van der Waals surface area (Å²) in [6, 6.07) is 0. The lowest BCUT2D eigenvalue weighted by atomic mass is 10.0. The van der Waals surface area contributed by atoms with Gasteiger partial charge in [0.15, 0.2) is 0 Å². The predicted octanol–water partition coefficient (Wildman–Crippen LogP) is 5.48. The Labute approximate surface area is 138 Å². The minimum atomic E-state index is -0.697. The van der Waals surface area contributed by atoms with Crippen LogP contribution in [-0.4, -0.2) is 36.1 Å². The molecule has 0 aromatic carbocycles. The highest BCUT2D eigenvalue weighted by atomic mass is 16.4. The van der Waals surface area contributed by atoms with Crippen LogP contribution in [0.3, 0.4) is 0 Å². The summed E-state index contributed by atoms with van der Waals surface area (Å²) in [5.74, 6) is -0.697. The first kappa shape index (κ1) is 21.4. The minimum absolute atomic E-state index is 0.259. The zero-order chi connectivity index (χ0) is 16.5. The maximum atomic E-state index is 10.5. The lowest BCUT2D eigenvalue weighted by Crippen LogP contribution is -2.22. The van der Waals surface area contributed by atoms with Gasteiger partial charge in [0.05, 0.1) is 6.42 Å². The second-order valence-corrected chi connectivity index (χ2v) is 6.69. The molecular weight excluding hydrogens is 274 g/mol. The Morgan fingerprint density at radius 3 is 1.55 bits per heavy atom. The average Bonchev–Trinajstić information content (AvgIpc) is 2.49. The number of unbranched alkanes of at least 4 members (excludes halogenated alkanes) is 12. The van der Waals surface area contributed by atoms with Gasteiger partial charge in [-0.05, 0) is 20.0 Å². The fourth-order valence-corrected chi connectivity index (χ4v) is 2.80. The van der Waals surface area contributed by atoms with Crippen LogP contribution in [0.4, 0.5) is 0 Å². The largest absolute Gasteiger partial charge is 0.481 e. The van der Waals surface area contributed by atoms with Crippen molar-refractivity contribution in [1.82, 2.24) is 4.90 Å². The van der Waals surface area contributed by atoms with E-state index in [1.165, 1.54) is 83.5 Å². The lowest BCUT2D eigenvalue weighted by Gasteiger charge is -2.14. The molecule has 0 radical (unpaired) electrons. The molecule has 0 aliphatic carbocycles. The van der Waals surface area contributed by atoms with E-state index in [-0.39, 0.29) is 6.42 Å². The minimum Gasteiger partial charge on any atom is -0.481 e. The third-order valence-electron chi connectivity index (χ3n) is 4.35. The summed E-state index contributed by atoms with van der Waals surface area (Å²) < 4.78 is 0. The van der Waals surface area contributed by atoms with Crippen molar-refractivity contribution >= 4 is 5.97 Å². The van der Waals surface area contributed by atoms with Gasteiger partial charge in [-0.2, -0.15) is 0 Å². The van der Waals surface area contributed by atoms with E-state index in [0.717, 1.165) is 6.54 Å². The molecule has 0 aromatic rings. The molecule has 0 amide bonds. The van der Waals surface area contributed by atoms with E-state index in [4.69, 9.17) is 5.11 Å². The molecule has 1 N–H and O–H groups in total. The Balaban J connectivity index is 3.09. The van der Waals surface area contributed by atoms with Gasteiger partial charge in [0.25, 0.3) is 0 Å². The Morgan fingerprint density at radius 2 is 1.14 bits per heavy atom. The monoisotopic (exact) mass is 313 g/mol. The van der Waals surface area contributed by atoms with Crippen molar-refractivity contribution in [3.63, 3.8) is 0 Å². The van der Waals surface area contributed by atoms with Crippen LogP contribution in [0.1, 0.15) is 96.8 Å². The van der Waals surface area contributed by atoms with Crippen LogP contribution in [0.15, 0.2) is 0 Å². The summed E-state index contributed by atoms with van der Waals surface area (Å²) in [4.78, 5) is 12.6. The molecule has 0 rings (SSSR count). The second kappa shape index (κ2) is 16.8. The number of nitrogens with zero attached hydrogens (tertiary/aromatic N) is 1. The Morgan fingerprint density at radius 1 is 0.727 bits per heavy atom. The summed E-state index contributed by atoms with van der Waals surface area (Å²) in [7, 11) is 2.02. The molecule has 0 heterocycles. The van der Waals surface area contributed by atoms with E-state index < -0.39 is 5.97 Å². The van der Waals surface area contributed by atoms with Crippen LogP contribution in [0, 0.1) is 0 Å². The number of hydrogen-bond donors (Lipinski definition) is 1. The van der Waals surface area contributed by atoms with E-state index >= 15 is 0 Å². The fourth-order valence-electron chi connectivity index (χ4n) is 2.80. The van der Waals surface area contributed by atoms with Gasteiger partial charge in [0.2, 0.25) is 0 Å². The molecular formula is C19H39NO2. The van der Waals surface area contributed by atoms with Gasteiger partial charge < -0.3 is 10.0 Å². The van der Waals surface area contributed by atoms with Crippen LogP contribution in [0.2, 0.25) is 0 Å². The first-order valence-electron chi connectivity index (χ1n) is 9.57. The van der Waals surface area contributed by atoms with Crippen LogP contribution in [0.25, 0.3) is 0 Å². The van der Waals surface area contributed by atoms with Crippen LogP contribution < -0.4 is 0 Å².